The van der Waals surface area contributed by atoms with Gasteiger partial charge in [-0.05, 0) is 31.9 Å². The largest absolute Gasteiger partial charge is 0.462 e. The summed E-state index contributed by atoms with van der Waals surface area (Å²) in [5.41, 5.74) is 0.540. The number of hydrogen-bond donors (Lipinski definition) is 0. The minimum atomic E-state index is -0.0891. The Morgan fingerprint density at radius 1 is 1.29 bits per heavy atom. The number of thiazole rings is 1. The summed E-state index contributed by atoms with van der Waals surface area (Å²) in [6, 6.07) is 3.69. The highest BCUT2D eigenvalue weighted by atomic mass is 32.1. The minimum Gasteiger partial charge on any atom is -0.462 e. The van der Waals surface area contributed by atoms with Crippen LogP contribution in [0.2, 0.25) is 0 Å². The Hall–Kier alpha value is -1.70. The highest BCUT2D eigenvalue weighted by Gasteiger charge is 2.33. The smallest absolute Gasteiger partial charge is 0.273 e. The van der Waals surface area contributed by atoms with E-state index in [0.29, 0.717) is 30.6 Å². The van der Waals surface area contributed by atoms with Gasteiger partial charge in [0.1, 0.15) is 5.69 Å². The van der Waals surface area contributed by atoms with Gasteiger partial charge in [0.2, 0.25) is 0 Å². The van der Waals surface area contributed by atoms with Gasteiger partial charge in [-0.25, -0.2) is 4.98 Å². The summed E-state index contributed by atoms with van der Waals surface area (Å²) in [5.74, 6) is 1.09. The lowest BCUT2D eigenvalue weighted by Crippen LogP contribution is -2.41. The molecule has 2 aromatic rings. The number of aryl methyl sites for hydroxylation is 1. The van der Waals surface area contributed by atoms with Gasteiger partial charge in [0, 0.05) is 23.9 Å². The summed E-state index contributed by atoms with van der Waals surface area (Å²) in [5, 5.41) is 0.753. The molecule has 0 saturated carbocycles. The molecule has 2 fully saturated rings. The summed E-state index contributed by atoms with van der Waals surface area (Å²) < 4.78 is 16.6. The molecule has 0 N–H and O–H groups in total. The van der Waals surface area contributed by atoms with E-state index in [4.69, 9.17) is 13.9 Å². The van der Waals surface area contributed by atoms with E-state index in [1.165, 1.54) is 11.3 Å². The molecule has 0 aromatic carbocycles. The molecule has 2 saturated heterocycles. The number of piperidine rings is 1. The molecule has 1 amide bonds. The average molecular weight is 348 g/mol. The van der Waals surface area contributed by atoms with Crippen molar-refractivity contribution in [1.29, 1.82) is 0 Å². The van der Waals surface area contributed by atoms with Gasteiger partial charge in [-0.1, -0.05) is 0 Å². The van der Waals surface area contributed by atoms with Gasteiger partial charge < -0.3 is 18.8 Å². The molecule has 4 rings (SSSR count). The first kappa shape index (κ1) is 15.8. The van der Waals surface area contributed by atoms with E-state index in [1.54, 1.807) is 6.26 Å². The van der Waals surface area contributed by atoms with Crippen molar-refractivity contribution in [2.75, 3.05) is 26.3 Å². The lowest BCUT2D eigenvalue weighted by Gasteiger charge is -2.33. The second-order valence-corrected chi connectivity index (χ2v) is 7.34. The molecule has 128 valence electrons. The molecule has 0 bridgehead atoms. The predicted molar refractivity (Wildman–Crippen MR) is 88.9 cm³/mol. The van der Waals surface area contributed by atoms with Crippen LogP contribution in [0.25, 0.3) is 10.8 Å². The topological polar surface area (TPSA) is 64.8 Å². The molecule has 0 spiro atoms. The third kappa shape index (κ3) is 2.99. The number of likely N-dealkylation sites (tertiary alicyclic amines) is 1. The lowest BCUT2D eigenvalue weighted by molar-refractivity contribution is -0.0956. The number of furan rings is 1. The molecular weight excluding hydrogens is 328 g/mol. The van der Waals surface area contributed by atoms with Crippen molar-refractivity contribution in [3.8, 4) is 10.8 Å². The van der Waals surface area contributed by atoms with E-state index in [-0.39, 0.29) is 12.2 Å². The zero-order valence-corrected chi connectivity index (χ0v) is 14.4. The van der Waals surface area contributed by atoms with Gasteiger partial charge in [-0.2, -0.15) is 0 Å². The quantitative estimate of drug-likeness (QED) is 0.853. The van der Waals surface area contributed by atoms with Gasteiger partial charge in [0.05, 0.1) is 19.5 Å². The maximum Gasteiger partial charge on any atom is 0.273 e. The molecule has 6 nitrogen and oxygen atoms in total. The number of ether oxygens (including phenoxy) is 2. The molecule has 2 aromatic heterocycles. The second-order valence-electron chi connectivity index (χ2n) is 6.14. The van der Waals surface area contributed by atoms with Crippen molar-refractivity contribution >= 4 is 17.2 Å². The first-order valence-electron chi connectivity index (χ1n) is 8.26. The molecule has 7 heteroatoms. The molecule has 2 aliphatic rings. The third-order valence-electron chi connectivity index (χ3n) is 4.59. The Bertz CT molecular complexity index is 698. The van der Waals surface area contributed by atoms with E-state index in [1.807, 2.05) is 24.0 Å². The van der Waals surface area contributed by atoms with Gasteiger partial charge in [0.25, 0.3) is 5.91 Å². The molecule has 4 heterocycles. The number of hydrogen-bond acceptors (Lipinski definition) is 6. The van der Waals surface area contributed by atoms with Crippen molar-refractivity contribution in [2.45, 2.75) is 26.1 Å². The number of nitrogens with zero attached hydrogens (tertiary/aromatic N) is 2. The number of rotatable bonds is 3. The van der Waals surface area contributed by atoms with Crippen molar-refractivity contribution in [1.82, 2.24) is 9.88 Å². The van der Waals surface area contributed by atoms with E-state index >= 15 is 0 Å². The van der Waals surface area contributed by atoms with E-state index in [0.717, 1.165) is 35.8 Å². The maximum absolute atomic E-state index is 12.8. The Kier molecular flexibility index (Phi) is 4.39. The molecule has 0 unspecified atom stereocenters. The van der Waals surface area contributed by atoms with E-state index in [2.05, 4.69) is 4.98 Å². The van der Waals surface area contributed by atoms with Crippen LogP contribution in [0.5, 0.6) is 0 Å². The third-order valence-corrected chi connectivity index (χ3v) is 5.58. The van der Waals surface area contributed by atoms with Crippen LogP contribution >= 0.6 is 11.3 Å². The van der Waals surface area contributed by atoms with E-state index in [9.17, 15) is 4.79 Å². The highest BCUT2D eigenvalue weighted by Crippen LogP contribution is 2.30. The van der Waals surface area contributed by atoms with Crippen LogP contribution in [-0.4, -0.2) is 48.4 Å². The Balaban J connectivity index is 1.43. The number of carbonyl (C=O) groups excluding carboxylic acids is 1. The van der Waals surface area contributed by atoms with E-state index < -0.39 is 0 Å². The van der Waals surface area contributed by atoms with Crippen molar-refractivity contribution in [3.63, 3.8) is 0 Å². The fraction of sp³-hybridized carbons (Fsp3) is 0.529. The normalized spacial score (nSPS) is 20.0. The minimum absolute atomic E-state index is 0.00765. The van der Waals surface area contributed by atoms with Crippen LogP contribution in [-0.2, 0) is 9.47 Å². The highest BCUT2D eigenvalue weighted by molar-refractivity contribution is 7.15. The summed E-state index contributed by atoms with van der Waals surface area (Å²) in [6.45, 7) is 4.73. The maximum atomic E-state index is 12.8. The van der Waals surface area contributed by atoms with Crippen LogP contribution < -0.4 is 0 Å². The summed E-state index contributed by atoms with van der Waals surface area (Å²) >= 11 is 1.49. The monoisotopic (exact) mass is 348 g/mol. The van der Waals surface area contributed by atoms with Crippen LogP contribution in [0.3, 0.4) is 0 Å². The molecule has 24 heavy (non-hydrogen) atoms. The van der Waals surface area contributed by atoms with Crippen LogP contribution in [0.15, 0.2) is 22.8 Å². The first-order chi connectivity index (χ1) is 11.7. The molecular formula is C17H20N2O4S. The van der Waals surface area contributed by atoms with Gasteiger partial charge in [-0.15, -0.1) is 11.3 Å². The van der Waals surface area contributed by atoms with Crippen molar-refractivity contribution in [2.24, 2.45) is 5.92 Å². The lowest BCUT2D eigenvalue weighted by atomic mass is 9.96. The van der Waals surface area contributed by atoms with Crippen molar-refractivity contribution < 1.29 is 18.7 Å². The molecule has 2 aliphatic heterocycles. The SMILES string of the molecule is Cc1sc(-c2ccco2)nc1C(=O)N1CCC(C2OCCO2)CC1. The molecule has 0 aliphatic carbocycles. The Labute approximate surface area is 144 Å². The van der Waals surface area contributed by atoms with Crippen LogP contribution in [0.4, 0.5) is 0 Å². The first-order valence-corrected chi connectivity index (χ1v) is 9.08. The summed E-state index contributed by atoms with van der Waals surface area (Å²) in [4.78, 5) is 20.1. The average Bonchev–Trinajstić information content (AvgIpc) is 3.35. The number of amides is 1. The Morgan fingerprint density at radius 3 is 2.71 bits per heavy atom. The molecule has 0 radical (unpaired) electrons. The van der Waals surface area contributed by atoms with Gasteiger partial charge in [0.15, 0.2) is 17.1 Å². The van der Waals surface area contributed by atoms with Gasteiger partial charge in [-0.3, -0.25) is 4.79 Å². The number of carbonyl (C=O) groups is 1. The van der Waals surface area contributed by atoms with Crippen LogP contribution in [0.1, 0.15) is 28.2 Å². The zero-order valence-electron chi connectivity index (χ0n) is 13.6. The predicted octanol–water partition coefficient (Wildman–Crippen LogP) is 2.94. The summed E-state index contributed by atoms with van der Waals surface area (Å²) in [7, 11) is 0. The number of aromatic nitrogens is 1. The van der Waals surface area contributed by atoms with Gasteiger partial charge >= 0.3 is 0 Å². The molecule has 0 atom stereocenters. The van der Waals surface area contributed by atoms with Crippen molar-refractivity contribution in [3.05, 3.63) is 29.0 Å². The second kappa shape index (κ2) is 6.66. The standard InChI is InChI=1S/C17H20N2O4S/c1-11-14(18-15(24-11)13-3-2-8-21-13)16(20)19-6-4-12(5-7-19)17-22-9-10-23-17/h2-3,8,12,17H,4-7,9-10H2,1H3. The summed E-state index contributed by atoms with van der Waals surface area (Å²) in [6.07, 6.45) is 3.34. The fourth-order valence-electron chi connectivity index (χ4n) is 3.27. The fourth-order valence-corrected chi connectivity index (χ4v) is 4.15. The van der Waals surface area contributed by atoms with Crippen LogP contribution in [0, 0.1) is 12.8 Å². The zero-order chi connectivity index (χ0) is 16.5. The Morgan fingerprint density at radius 2 is 2.04 bits per heavy atom.